The molecule has 8 heteroatoms. The zero-order valence-electron chi connectivity index (χ0n) is 14.1. The lowest BCUT2D eigenvalue weighted by atomic mass is 10.2. The molecule has 134 valence electrons. The zero-order chi connectivity index (χ0) is 18.2. The molecule has 0 fully saturated rings. The first-order valence-corrected chi connectivity index (χ1v) is 9.68. The minimum absolute atomic E-state index is 0.244. The Morgan fingerprint density at radius 1 is 1.24 bits per heavy atom. The molecule has 0 aliphatic rings. The molecule has 0 radical (unpaired) electrons. The molecule has 0 spiro atoms. The fraction of sp³-hybridized carbons (Fsp3) is 0.353. The number of benzene rings is 1. The van der Waals surface area contributed by atoms with Crippen LogP contribution in [0.1, 0.15) is 25.9 Å². The lowest BCUT2D eigenvalue weighted by molar-refractivity contribution is 0.0958. The third kappa shape index (κ3) is 5.70. The maximum atomic E-state index is 12.1. The second-order valence-electron chi connectivity index (χ2n) is 5.30. The summed E-state index contributed by atoms with van der Waals surface area (Å²) in [4.78, 5) is 19.0. The van der Waals surface area contributed by atoms with E-state index in [1.807, 2.05) is 38.1 Å². The van der Waals surface area contributed by atoms with Crippen molar-refractivity contribution in [2.75, 3.05) is 29.7 Å². The third-order valence-corrected chi connectivity index (χ3v) is 4.87. The monoisotopic (exact) mass is 398 g/mol. The number of hydrogen-bond acceptors (Lipinski definition) is 5. The first-order chi connectivity index (χ1) is 12.0. The van der Waals surface area contributed by atoms with Gasteiger partial charge in [-0.05, 0) is 31.5 Å². The highest BCUT2D eigenvalue weighted by Crippen LogP contribution is 2.17. The maximum Gasteiger partial charge on any atom is 0.283 e. The predicted molar refractivity (Wildman–Crippen MR) is 107 cm³/mol. The van der Waals surface area contributed by atoms with Gasteiger partial charge in [-0.2, -0.15) is 5.10 Å². The average Bonchev–Trinajstić information content (AvgIpc) is 2.94. The highest BCUT2D eigenvalue weighted by molar-refractivity contribution is 7.13. The summed E-state index contributed by atoms with van der Waals surface area (Å²) in [5.74, 6) is 0.844. The van der Waals surface area contributed by atoms with Crippen LogP contribution in [0.25, 0.3) is 0 Å². The van der Waals surface area contributed by atoms with Crippen molar-refractivity contribution in [1.29, 1.82) is 0 Å². The lowest BCUT2D eigenvalue weighted by Gasteiger charge is -2.22. The molecule has 1 aromatic carbocycles. The van der Waals surface area contributed by atoms with Crippen LogP contribution in [0, 0.1) is 13.8 Å². The lowest BCUT2D eigenvalue weighted by Crippen LogP contribution is -2.27. The van der Waals surface area contributed by atoms with E-state index in [1.54, 1.807) is 6.21 Å². The Balaban J connectivity index is 1.97. The number of aromatic nitrogens is 1. The van der Waals surface area contributed by atoms with Crippen molar-refractivity contribution in [3.05, 3.63) is 45.4 Å². The Kier molecular flexibility index (Phi) is 7.68. The SMILES string of the molecule is Cc1nc(C)c(C(=O)N/N=C\c2ccc(N(CCCl)CCCl)cc2)s1. The molecule has 1 amide bonds. The van der Waals surface area contributed by atoms with Crippen LogP contribution in [0.5, 0.6) is 0 Å². The van der Waals surface area contributed by atoms with Gasteiger partial charge in [-0.25, -0.2) is 10.4 Å². The van der Waals surface area contributed by atoms with E-state index < -0.39 is 0 Å². The minimum atomic E-state index is -0.244. The zero-order valence-corrected chi connectivity index (χ0v) is 16.5. The Labute approximate surface area is 161 Å². The van der Waals surface area contributed by atoms with E-state index in [2.05, 4.69) is 20.4 Å². The summed E-state index contributed by atoms with van der Waals surface area (Å²) in [5.41, 5.74) is 5.20. The van der Waals surface area contributed by atoms with Crippen LogP contribution in [0.2, 0.25) is 0 Å². The fourth-order valence-corrected chi connectivity index (χ4v) is 3.52. The van der Waals surface area contributed by atoms with Gasteiger partial charge in [0.05, 0.1) is 16.9 Å². The van der Waals surface area contributed by atoms with Gasteiger partial charge in [0.2, 0.25) is 0 Å². The highest BCUT2D eigenvalue weighted by Gasteiger charge is 2.12. The molecule has 0 aliphatic carbocycles. The van der Waals surface area contributed by atoms with Crippen molar-refractivity contribution in [3.8, 4) is 0 Å². The molecule has 5 nitrogen and oxygen atoms in total. The van der Waals surface area contributed by atoms with Gasteiger partial charge in [-0.15, -0.1) is 34.5 Å². The summed E-state index contributed by atoms with van der Waals surface area (Å²) in [7, 11) is 0. The number of hydrazone groups is 1. The van der Waals surface area contributed by atoms with Crippen molar-refractivity contribution in [1.82, 2.24) is 10.4 Å². The number of hydrogen-bond donors (Lipinski definition) is 1. The van der Waals surface area contributed by atoms with Crippen LogP contribution in [-0.4, -0.2) is 42.0 Å². The Hall–Kier alpha value is -1.63. The molecule has 0 aliphatic heterocycles. The molecule has 1 heterocycles. The van der Waals surface area contributed by atoms with Crippen molar-refractivity contribution < 1.29 is 4.79 Å². The predicted octanol–water partition coefficient (Wildman–Crippen LogP) is 3.81. The van der Waals surface area contributed by atoms with Gasteiger partial charge in [-0.1, -0.05) is 12.1 Å². The largest absolute Gasteiger partial charge is 0.369 e. The van der Waals surface area contributed by atoms with Crippen molar-refractivity contribution >= 4 is 52.3 Å². The number of thiazole rings is 1. The molecule has 25 heavy (non-hydrogen) atoms. The van der Waals surface area contributed by atoms with Crippen LogP contribution in [-0.2, 0) is 0 Å². The van der Waals surface area contributed by atoms with Crippen molar-refractivity contribution in [2.24, 2.45) is 5.10 Å². The summed E-state index contributed by atoms with van der Waals surface area (Å²) in [6.07, 6.45) is 1.61. The maximum absolute atomic E-state index is 12.1. The van der Waals surface area contributed by atoms with Gasteiger partial charge in [0.1, 0.15) is 4.88 Å². The minimum Gasteiger partial charge on any atom is -0.369 e. The molecule has 0 saturated carbocycles. The molecule has 0 saturated heterocycles. The Bertz CT molecular complexity index is 725. The number of anilines is 1. The molecule has 2 aromatic rings. The fourth-order valence-electron chi connectivity index (χ4n) is 2.30. The van der Waals surface area contributed by atoms with Crippen LogP contribution in [0.3, 0.4) is 0 Å². The van der Waals surface area contributed by atoms with Crippen LogP contribution in [0.4, 0.5) is 5.69 Å². The van der Waals surface area contributed by atoms with E-state index in [0.29, 0.717) is 16.6 Å². The molecule has 1 N–H and O–H groups in total. The normalized spacial score (nSPS) is 11.0. The van der Waals surface area contributed by atoms with Gasteiger partial charge in [0.25, 0.3) is 5.91 Å². The summed E-state index contributed by atoms with van der Waals surface area (Å²) in [5, 5.41) is 4.88. The van der Waals surface area contributed by atoms with Gasteiger partial charge in [0, 0.05) is 30.5 Å². The van der Waals surface area contributed by atoms with Crippen LogP contribution >= 0.6 is 34.5 Å². The molecule has 0 bridgehead atoms. The van der Waals surface area contributed by atoms with E-state index in [9.17, 15) is 4.79 Å². The van der Waals surface area contributed by atoms with Crippen LogP contribution in [0.15, 0.2) is 29.4 Å². The average molecular weight is 399 g/mol. The van der Waals surface area contributed by atoms with E-state index in [-0.39, 0.29) is 5.91 Å². The highest BCUT2D eigenvalue weighted by atomic mass is 35.5. The number of rotatable bonds is 8. The second kappa shape index (κ2) is 9.75. The molecular formula is C17H20Cl2N4OS. The van der Waals surface area contributed by atoms with E-state index in [0.717, 1.165) is 35.0 Å². The first-order valence-electron chi connectivity index (χ1n) is 7.79. The van der Waals surface area contributed by atoms with Crippen molar-refractivity contribution in [2.45, 2.75) is 13.8 Å². The van der Waals surface area contributed by atoms with E-state index >= 15 is 0 Å². The number of carbonyl (C=O) groups is 1. The molecule has 0 atom stereocenters. The Morgan fingerprint density at radius 2 is 1.88 bits per heavy atom. The summed E-state index contributed by atoms with van der Waals surface area (Å²) >= 11 is 13.0. The molecule has 0 unspecified atom stereocenters. The van der Waals surface area contributed by atoms with Gasteiger partial charge < -0.3 is 4.90 Å². The summed E-state index contributed by atoms with van der Waals surface area (Å²) < 4.78 is 0. The third-order valence-electron chi connectivity index (χ3n) is 3.46. The standard InChI is InChI=1S/C17H20Cl2N4OS/c1-12-16(25-13(2)21-12)17(24)22-20-11-14-3-5-15(6-4-14)23(9-7-18)10-8-19/h3-6,11H,7-10H2,1-2H3,(H,22,24)/b20-11-. The number of nitrogens with one attached hydrogen (secondary N) is 1. The van der Waals surface area contributed by atoms with E-state index in [4.69, 9.17) is 23.2 Å². The molecule has 2 rings (SSSR count). The topological polar surface area (TPSA) is 57.6 Å². The summed E-state index contributed by atoms with van der Waals surface area (Å²) in [6.45, 7) is 5.17. The quantitative estimate of drug-likeness (QED) is 0.417. The number of aryl methyl sites for hydroxylation is 2. The molecule has 1 aromatic heterocycles. The Morgan fingerprint density at radius 3 is 2.40 bits per heavy atom. The number of alkyl halides is 2. The summed E-state index contributed by atoms with van der Waals surface area (Å²) in [6, 6.07) is 7.84. The van der Waals surface area contributed by atoms with Gasteiger partial charge in [0.15, 0.2) is 0 Å². The van der Waals surface area contributed by atoms with E-state index in [1.165, 1.54) is 11.3 Å². The number of halogens is 2. The van der Waals surface area contributed by atoms with Crippen LogP contribution < -0.4 is 10.3 Å². The number of amides is 1. The van der Waals surface area contributed by atoms with Gasteiger partial charge in [-0.3, -0.25) is 4.79 Å². The van der Waals surface area contributed by atoms with Gasteiger partial charge >= 0.3 is 0 Å². The number of nitrogens with zero attached hydrogens (tertiary/aromatic N) is 3. The second-order valence-corrected chi connectivity index (χ2v) is 7.26. The first kappa shape index (κ1) is 19.7. The molecular weight excluding hydrogens is 379 g/mol. The smallest absolute Gasteiger partial charge is 0.283 e. The number of carbonyl (C=O) groups excluding carboxylic acids is 1. The van der Waals surface area contributed by atoms with Crippen molar-refractivity contribution in [3.63, 3.8) is 0 Å².